The van der Waals surface area contributed by atoms with E-state index in [9.17, 15) is 0 Å². The molecule has 0 bridgehead atoms. The third-order valence-corrected chi connectivity index (χ3v) is 4.32. The predicted octanol–water partition coefficient (Wildman–Crippen LogP) is 3.17. The van der Waals surface area contributed by atoms with Gasteiger partial charge in [0.2, 0.25) is 0 Å². The van der Waals surface area contributed by atoms with Crippen LogP contribution in [0.1, 0.15) is 5.56 Å². The lowest BCUT2D eigenvalue weighted by Crippen LogP contribution is -2.40. The second-order valence-electron chi connectivity index (χ2n) is 5.93. The topological polar surface area (TPSA) is 49.1 Å². The van der Waals surface area contributed by atoms with Gasteiger partial charge in [0.1, 0.15) is 11.9 Å². The van der Waals surface area contributed by atoms with Crippen LogP contribution >= 0.6 is 0 Å². The Morgan fingerprint density at radius 3 is 2.96 bits per heavy atom. The maximum atomic E-state index is 6.01. The van der Waals surface area contributed by atoms with Crippen LogP contribution in [0.2, 0.25) is 0 Å². The van der Waals surface area contributed by atoms with Gasteiger partial charge in [-0.25, -0.2) is 0 Å². The van der Waals surface area contributed by atoms with E-state index in [1.165, 1.54) is 16.5 Å². The van der Waals surface area contributed by atoms with Crippen molar-refractivity contribution in [1.82, 2.24) is 10.3 Å². The highest BCUT2D eigenvalue weighted by Crippen LogP contribution is 2.27. The van der Waals surface area contributed by atoms with Crippen molar-refractivity contribution in [3.63, 3.8) is 0 Å². The molecule has 1 aliphatic heterocycles. The van der Waals surface area contributed by atoms with Crippen LogP contribution in [-0.4, -0.2) is 30.7 Å². The molecule has 1 aliphatic rings. The number of nitrogens with one attached hydrogen (secondary N) is 3. The molecule has 0 fully saturated rings. The number of benzene rings is 2. The highest BCUT2D eigenvalue weighted by atomic mass is 16.5. The van der Waals surface area contributed by atoms with Crippen LogP contribution in [-0.2, 0) is 6.42 Å². The molecular formula is C19H21N3O. The normalized spacial score (nSPS) is 16.6. The number of aromatic amines is 1. The zero-order valence-electron chi connectivity index (χ0n) is 13.0. The lowest BCUT2D eigenvalue weighted by Gasteiger charge is -2.27. The monoisotopic (exact) mass is 307 g/mol. The minimum atomic E-state index is 0.174. The number of para-hydroxylation sites is 3. The number of hydrogen-bond acceptors (Lipinski definition) is 3. The molecule has 3 aromatic rings. The summed E-state index contributed by atoms with van der Waals surface area (Å²) in [5.74, 6) is 0.946. The summed E-state index contributed by atoms with van der Waals surface area (Å²) in [4.78, 5) is 3.33. The zero-order chi connectivity index (χ0) is 15.5. The summed E-state index contributed by atoms with van der Waals surface area (Å²) in [6, 6.07) is 16.5. The molecule has 0 radical (unpaired) electrons. The first-order valence-corrected chi connectivity index (χ1v) is 8.15. The smallest absolute Gasteiger partial charge is 0.142 e. The molecule has 3 N–H and O–H groups in total. The first-order chi connectivity index (χ1) is 11.4. The van der Waals surface area contributed by atoms with E-state index in [0.717, 1.165) is 37.5 Å². The Hall–Kier alpha value is -2.46. The second-order valence-corrected chi connectivity index (χ2v) is 5.93. The Balaban J connectivity index is 1.28. The van der Waals surface area contributed by atoms with Crippen molar-refractivity contribution in [2.24, 2.45) is 0 Å². The molecule has 0 spiro atoms. The number of ether oxygens (including phenoxy) is 1. The van der Waals surface area contributed by atoms with E-state index in [1.54, 1.807) is 0 Å². The van der Waals surface area contributed by atoms with Crippen molar-refractivity contribution in [1.29, 1.82) is 0 Å². The van der Waals surface area contributed by atoms with Crippen LogP contribution in [0.4, 0.5) is 5.69 Å². The Bertz CT molecular complexity index is 796. The second kappa shape index (κ2) is 6.34. The average Bonchev–Trinajstić information content (AvgIpc) is 3.02. The van der Waals surface area contributed by atoms with Gasteiger partial charge in [-0.1, -0.05) is 30.3 Å². The molecular weight excluding hydrogens is 286 g/mol. The van der Waals surface area contributed by atoms with Crippen LogP contribution in [0.3, 0.4) is 0 Å². The Labute approximate surface area is 135 Å². The average molecular weight is 307 g/mol. The van der Waals surface area contributed by atoms with Gasteiger partial charge in [-0.2, -0.15) is 0 Å². The maximum absolute atomic E-state index is 6.01. The van der Waals surface area contributed by atoms with E-state index in [2.05, 4.69) is 52.1 Å². The third-order valence-electron chi connectivity index (χ3n) is 4.32. The Morgan fingerprint density at radius 1 is 1.09 bits per heavy atom. The van der Waals surface area contributed by atoms with Gasteiger partial charge in [-0.15, -0.1) is 0 Å². The SMILES string of the molecule is c1ccc2c(c1)NCC(CNCCc1c[nH]c3ccccc13)O2. The fourth-order valence-electron chi connectivity index (χ4n) is 3.10. The van der Waals surface area contributed by atoms with Gasteiger partial charge in [0.25, 0.3) is 0 Å². The molecule has 2 aromatic carbocycles. The number of aromatic nitrogens is 1. The molecule has 2 heterocycles. The van der Waals surface area contributed by atoms with Gasteiger partial charge < -0.3 is 20.4 Å². The molecule has 4 nitrogen and oxygen atoms in total. The fraction of sp³-hybridized carbons (Fsp3) is 0.263. The van der Waals surface area contributed by atoms with Crippen molar-refractivity contribution < 1.29 is 4.74 Å². The highest BCUT2D eigenvalue weighted by Gasteiger charge is 2.18. The molecule has 0 amide bonds. The number of anilines is 1. The first kappa shape index (κ1) is 14.2. The lowest BCUT2D eigenvalue weighted by atomic mass is 10.1. The van der Waals surface area contributed by atoms with Crippen molar-refractivity contribution >= 4 is 16.6 Å². The van der Waals surface area contributed by atoms with E-state index >= 15 is 0 Å². The van der Waals surface area contributed by atoms with E-state index in [1.807, 2.05) is 18.2 Å². The van der Waals surface area contributed by atoms with E-state index in [4.69, 9.17) is 4.74 Å². The number of hydrogen-bond donors (Lipinski definition) is 3. The maximum Gasteiger partial charge on any atom is 0.142 e. The summed E-state index contributed by atoms with van der Waals surface area (Å²) < 4.78 is 6.01. The van der Waals surface area contributed by atoms with Crippen molar-refractivity contribution in [2.75, 3.05) is 25.0 Å². The minimum Gasteiger partial charge on any atom is -0.485 e. The predicted molar refractivity (Wildman–Crippen MR) is 94.2 cm³/mol. The summed E-state index contributed by atoms with van der Waals surface area (Å²) >= 11 is 0. The van der Waals surface area contributed by atoms with Gasteiger partial charge in [-0.3, -0.25) is 0 Å². The van der Waals surface area contributed by atoms with Crippen LogP contribution < -0.4 is 15.4 Å². The van der Waals surface area contributed by atoms with Crippen LogP contribution in [0.15, 0.2) is 54.7 Å². The summed E-state index contributed by atoms with van der Waals surface area (Å²) in [6.07, 6.45) is 3.30. The number of H-pyrrole nitrogens is 1. The number of rotatable bonds is 5. The van der Waals surface area contributed by atoms with E-state index in [0.29, 0.717) is 0 Å². The largest absolute Gasteiger partial charge is 0.485 e. The standard InChI is InChI=1S/C19H21N3O/c1-2-6-17-16(5-1)14(11-21-17)9-10-20-12-15-13-22-18-7-3-4-8-19(18)23-15/h1-8,11,15,20-22H,9-10,12-13H2. The van der Waals surface area contributed by atoms with Crippen molar-refractivity contribution in [2.45, 2.75) is 12.5 Å². The first-order valence-electron chi connectivity index (χ1n) is 8.15. The Kier molecular flexibility index (Phi) is 3.90. The molecule has 0 saturated carbocycles. The van der Waals surface area contributed by atoms with Gasteiger partial charge in [0.05, 0.1) is 12.2 Å². The van der Waals surface area contributed by atoms with Crippen LogP contribution in [0, 0.1) is 0 Å². The van der Waals surface area contributed by atoms with Crippen LogP contribution in [0.25, 0.3) is 10.9 Å². The van der Waals surface area contributed by atoms with Gasteiger partial charge >= 0.3 is 0 Å². The molecule has 1 atom stereocenters. The Morgan fingerprint density at radius 2 is 1.96 bits per heavy atom. The van der Waals surface area contributed by atoms with Gasteiger partial charge in [0, 0.05) is 23.6 Å². The molecule has 0 saturated heterocycles. The molecule has 4 heteroatoms. The quantitative estimate of drug-likeness (QED) is 0.635. The van der Waals surface area contributed by atoms with Gasteiger partial charge in [-0.05, 0) is 36.7 Å². The minimum absolute atomic E-state index is 0.174. The summed E-state index contributed by atoms with van der Waals surface area (Å²) in [5, 5.41) is 8.25. The summed E-state index contributed by atoms with van der Waals surface area (Å²) in [5.41, 5.74) is 3.66. The third kappa shape index (κ3) is 3.03. The number of fused-ring (bicyclic) bond motifs is 2. The zero-order valence-corrected chi connectivity index (χ0v) is 13.0. The van der Waals surface area contributed by atoms with Crippen molar-refractivity contribution in [3.05, 3.63) is 60.3 Å². The molecule has 0 aliphatic carbocycles. The van der Waals surface area contributed by atoms with Gasteiger partial charge in [0.15, 0.2) is 0 Å². The van der Waals surface area contributed by atoms with Crippen molar-refractivity contribution in [3.8, 4) is 5.75 Å². The molecule has 1 unspecified atom stereocenters. The molecule has 118 valence electrons. The molecule has 1 aromatic heterocycles. The summed E-state index contributed by atoms with van der Waals surface area (Å²) in [6.45, 7) is 2.64. The lowest BCUT2D eigenvalue weighted by molar-refractivity contribution is 0.202. The van der Waals surface area contributed by atoms with Crippen LogP contribution in [0.5, 0.6) is 5.75 Å². The fourth-order valence-corrected chi connectivity index (χ4v) is 3.10. The molecule has 4 rings (SSSR count). The summed E-state index contributed by atoms with van der Waals surface area (Å²) in [7, 11) is 0. The highest BCUT2D eigenvalue weighted by molar-refractivity contribution is 5.83. The van der Waals surface area contributed by atoms with E-state index in [-0.39, 0.29) is 6.10 Å². The van der Waals surface area contributed by atoms with E-state index < -0.39 is 0 Å². The molecule has 23 heavy (non-hydrogen) atoms.